The highest BCUT2D eigenvalue weighted by atomic mass is 16.5. The summed E-state index contributed by atoms with van der Waals surface area (Å²) in [6.07, 6.45) is 9.23. The molecule has 0 saturated carbocycles. The molecule has 3 atom stereocenters. The van der Waals surface area contributed by atoms with Crippen LogP contribution in [0.15, 0.2) is 18.0 Å². The smallest absolute Gasteiger partial charge is 0.321 e. The van der Waals surface area contributed by atoms with Crippen molar-refractivity contribution >= 4 is 53.9 Å². The van der Waals surface area contributed by atoms with E-state index in [9.17, 15) is 24.3 Å². The Hall–Kier alpha value is -5.12. The number of carbonyl (C=O) groups is 4. The largest absolute Gasteiger partial charge is 0.481 e. The number of aromatic amines is 3. The van der Waals surface area contributed by atoms with Gasteiger partial charge in [-0.3, -0.25) is 19.2 Å². The van der Waals surface area contributed by atoms with Crippen LogP contribution >= 0.6 is 0 Å². The molecule has 232 valence electrons. The number of allylic oxidation sites excluding steroid dienone is 2. The van der Waals surface area contributed by atoms with Gasteiger partial charge in [-0.2, -0.15) is 0 Å². The van der Waals surface area contributed by atoms with Crippen molar-refractivity contribution in [2.45, 2.75) is 47.0 Å². The Bertz CT molecular complexity index is 2010. The Balaban J connectivity index is 1.75. The van der Waals surface area contributed by atoms with E-state index in [0.29, 0.717) is 57.5 Å². The number of fused-ring (bicyclic) bond motifs is 7. The van der Waals surface area contributed by atoms with Gasteiger partial charge in [-0.1, -0.05) is 26.5 Å². The second kappa shape index (κ2) is 11.1. The van der Waals surface area contributed by atoms with Crippen LogP contribution in [0.1, 0.15) is 92.4 Å². The number of Topliss-reactive ketones (excluding diaryl/α,β-unsaturated/α-hetero) is 1. The predicted octanol–water partition coefficient (Wildman–Crippen LogP) is 3.73. The number of methoxy groups -OCH3 is 1. The summed E-state index contributed by atoms with van der Waals surface area (Å²) in [4.78, 5) is 61.7. The van der Waals surface area contributed by atoms with Gasteiger partial charge in [-0.25, -0.2) is 0 Å². The molecule has 10 nitrogen and oxygen atoms in total. The lowest BCUT2D eigenvalue weighted by Crippen LogP contribution is -2.25. The van der Waals surface area contributed by atoms with Gasteiger partial charge in [-0.15, -0.1) is 0 Å². The van der Waals surface area contributed by atoms with E-state index in [1.54, 1.807) is 6.08 Å². The van der Waals surface area contributed by atoms with E-state index in [1.807, 2.05) is 45.9 Å². The zero-order valence-electron chi connectivity index (χ0n) is 25.9. The number of aldehydes is 1. The normalized spacial score (nSPS) is 19.9. The fourth-order valence-electron chi connectivity index (χ4n) is 7.22. The maximum Gasteiger partial charge on any atom is 0.321 e. The summed E-state index contributed by atoms with van der Waals surface area (Å²) in [7, 11) is 1.26. The Morgan fingerprint density at radius 1 is 1.02 bits per heavy atom. The van der Waals surface area contributed by atoms with Gasteiger partial charge in [0.2, 0.25) is 0 Å². The second-order valence-corrected chi connectivity index (χ2v) is 11.9. The predicted molar refractivity (Wildman–Crippen MR) is 170 cm³/mol. The van der Waals surface area contributed by atoms with Crippen molar-refractivity contribution < 1.29 is 29.0 Å². The van der Waals surface area contributed by atoms with Crippen molar-refractivity contribution in [2.24, 2.45) is 17.8 Å². The number of H-pyrrole nitrogens is 3. The van der Waals surface area contributed by atoms with Gasteiger partial charge in [-0.05, 0) is 61.6 Å². The Kier molecular flexibility index (Phi) is 7.39. The van der Waals surface area contributed by atoms with Crippen molar-refractivity contribution in [1.82, 2.24) is 20.3 Å². The molecule has 10 heteroatoms. The van der Waals surface area contributed by atoms with Gasteiger partial charge in [0.1, 0.15) is 5.92 Å². The first-order valence-electron chi connectivity index (χ1n) is 15.1. The van der Waals surface area contributed by atoms with Crippen LogP contribution in [0.25, 0.3) is 29.9 Å². The maximum absolute atomic E-state index is 14.0. The number of carboxylic acid groups (broad SMARTS) is 1. The minimum atomic E-state index is -1.20. The third-order valence-corrected chi connectivity index (χ3v) is 9.63. The summed E-state index contributed by atoms with van der Waals surface area (Å²) in [6, 6.07) is 0. The minimum Gasteiger partial charge on any atom is -0.481 e. The van der Waals surface area contributed by atoms with Crippen molar-refractivity contribution in [3.05, 3.63) is 84.8 Å². The van der Waals surface area contributed by atoms with Crippen LogP contribution in [0.2, 0.25) is 0 Å². The van der Waals surface area contributed by atoms with Gasteiger partial charge < -0.3 is 30.1 Å². The molecule has 6 rings (SSSR count). The average Bonchev–Trinajstić information content (AvgIpc) is 3.76. The van der Waals surface area contributed by atoms with Gasteiger partial charge in [0.05, 0.1) is 18.2 Å². The standard InChI is InChI=1S/C35H36N4O6/c1-7-18-15(3)22-11-23-16(4)20(9-10-28(41)42)32(38-23)30-31(35(44)45-6)34(43)29-17(5)24(39-33(29)30)12-26-19(8-2)21(14-40)27(37-26)13-25(18)36-22/h7,11-14,16,20,31,36-39H,1,8-10H2,2-6H3,(H,41,42)/t16-,20+,31+/m1/s1. The lowest BCUT2D eigenvalue weighted by atomic mass is 9.85. The molecule has 3 aliphatic rings. The van der Waals surface area contributed by atoms with Gasteiger partial charge in [0.15, 0.2) is 12.1 Å². The number of hydrogen-bond acceptors (Lipinski definition) is 6. The number of aromatic nitrogens is 3. The topological polar surface area (TPSA) is 157 Å². The number of aliphatic carboxylic acids is 1. The van der Waals surface area contributed by atoms with Crippen LogP contribution in [0.4, 0.5) is 0 Å². The summed E-state index contributed by atoms with van der Waals surface area (Å²) in [5.41, 5.74) is 8.98. The van der Waals surface area contributed by atoms with Crippen molar-refractivity contribution in [3.63, 3.8) is 0 Å². The maximum atomic E-state index is 14.0. The highest BCUT2D eigenvalue weighted by Gasteiger charge is 2.48. The summed E-state index contributed by atoms with van der Waals surface area (Å²) in [5, 5.41) is 14.5. The minimum absolute atomic E-state index is 0.0811. The third-order valence-electron chi connectivity index (χ3n) is 9.63. The zero-order valence-corrected chi connectivity index (χ0v) is 25.9. The molecule has 45 heavy (non-hydrogen) atoms. The van der Waals surface area contributed by atoms with Gasteiger partial charge >= 0.3 is 11.9 Å². The molecule has 3 aromatic heterocycles. The summed E-state index contributed by atoms with van der Waals surface area (Å²) in [5.74, 6) is -3.65. The highest BCUT2D eigenvalue weighted by molar-refractivity contribution is 6.24. The Morgan fingerprint density at radius 2 is 1.73 bits per heavy atom. The molecule has 1 fully saturated rings. The van der Waals surface area contributed by atoms with Crippen LogP contribution < -0.4 is 16.0 Å². The first-order chi connectivity index (χ1) is 21.5. The molecule has 3 aromatic rings. The van der Waals surface area contributed by atoms with E-state index in [4.69, 9.17) is 4.74 Å². The lowest BCUT2D eigenvalue weighted by Gasteiger charge is -2.19. The first-order valence-corrected chi connectivity index (χ1v) is 15.1. The molecule has 0 radical (unpaired) electrons. The molecule has 2 aliphatic heterocycles. The van der Waals surface area contributed by atoms with Crippen molar-refractivity contribution in [2.75, 3.05) is 7.11 Å². The van der Waals surface area contributed by atoms with Crippen molar-refractivity contribution in [3.8, 4) is 0 Å². The lowest BCUT2D eigenvalue weighted by molar-refractivity contribution is -0.142. The van der Waals surface area contributed by atoms with Gasteiger partial charge in [0, 0.05) is 74.3 Å². The average molecular weight is 609 g/mol. The highest BCUT2D eigenvalue weighted by Crippen LogP contribution is 2.48. The van der Waals surface area contributed by atoms with Crippen LogP contribution in [0.5, 0.6) is 0 Å². The number of carbonyl (C=O) groups excluding carboxylic acids is 3. The monoisotopic (exact) mass is 608 g/mol. The molecule has 8 bridgehead atoms. The number of ether oxygens (including phenoxy) is 1. The molecule has 5 N–H and O–H groups in total. The van der Waals surface area contributed by atoms with E-state index in [-0.39, 0.29) is 24.0 Å². The number of rotatable bonds is 7. The molecule has 0 spiro atoms. The zero-order chi connectivity index (χ0) is 32.3. The second-order valence-electron chi connectivity index (χ2n) is 11.9. The van der Waals surface area contributed by atoms with E-state index in [0.717, 1.165) is 45.4 Å². The number of nitrogens with one attached hydrogen (secondary N) is 4. The summed E-state index contributed by atoms with van der Waals surface area (Å²) < 4.78 is 5.13. The molecule has 1 saturated heterocycles. The van der Waals surface area contributed by atoms with E-state index >= 15 is 0 Å². The molecular formula is C35H36N4O6. The fraction of sp³-hybridized carbons (Fsp3) is 0.314. The Labute approximate surface area is 259 Å². The SMILES string of the molecule is C=Cc1c2[nH]c(c1C)C=C1NC(=C3c4[nH]c(c(C)c4C(=O)[C@H]3C(=O)OC)C=c3[nH]c(c(C=O)c3CC)=C2)[C@@H](CCC(=O)O)[C@H]1C. The van der Waals surface area contributed by atoms with Crippen LogP contribution in [0, 0.1) is 31.6 Å². The first kappa shape index (κ1) is 29.9. The quantitative estimate of drug-likeness (QED) is 0.155. The Morgan fingerprint density at radius 3 is 2.38 bits per heavy atom. The van der Waals surface area contributed by atoms with E-state index in [1.165, 1.54) is 7.11 Å². The summed E-state index contributed by atoms with van der Waals surface area (Å²) in [6.45, 7) is 11.8. The number of hydrogen-bond donors (Lipinski definition) is 5. The molecular weight excluding hydrogens is 572 g/mol. The van der Waals surface area contributed by atoms with Crippen molar-refractivity contribution in [1.29, 1.82) is 0 Å². The molecule has 0 aromatic carbocycles. The van der Waals surface area contributed by atoms with E-state index < -0.39 is 17.9 Å². The van der Waals surface area contributed by atoms with Crippen LogP contribution in [-0.4, -0.2) is 51.2 Å². The number of ketones is 1. The molecule has 0 amide bonds. The van der Waals surface area contributed by atoms with Gasteiger partial charge in [0.25, 0.3) is 0 Å². The molecule has 5 heterocycles. The van der Waals surface area contributed by atoms with Crippen LogP contribution in [0.3, 0.4) is 0 Å². The third kappa shape index (κ3) is 4.54. The fourth-order valence-corrected chi connectivity index (χ4v) is 7.22. The summed E-state index contributed by atoms with van der Waals surface area (Å²) >= 11 is 0. The van der Waals surface area contributed by atoms with E-state index in [2.05, 4.69) is 26.8 Å². The molecule has 1 aliphatic carbocycles. The molecule has 0 unspecified atom stereocenters. The van der Waals surface area contributed by atoms with Crippen LogP contribution in [-0.2, 0) is 20.7 Å². The number of carboxylic acids is 1. The number of esters is 1.